The summed E-state index contributed by atoms with van der Waals surface area (Å²) in [4.78, 5) is 13.3. The minimum absolute atomic E-state index is 0.00641. The van der Waals surface area contributed by atoms with Gasteiger partial charge in [0.1, 0.15) is 5.75 Å². The second kappa shape index (κ2) is 5.16. The molecule has 1 amide bonds. The van der Waals surface area contributed by atoms with Crippen molar-refractivity contribution in [3.8, 4) is 5.75 Å². The molecule has 1 aliphatic rings. The third-order valence-electron chi connectivity index (χ3n) is 3.48. The van der Waals surface area contributed by atoms with E-state index in [2.05, 4.69) is 4.90 Å². The predicted octanol–water partition coefficient (Wildman–Crippen LogP) is 0.979. The van der Waals surface area contributed by atoms with E-state index in [4.69, 9.17) is 16.2 Å². The zero-order valence-corrected chi connectivity index (χ0v) is 10.6. The number of nitrogens with zero attached hydrogens (tertiary/aromatic N) is 1. The van der Waals surface area contributed by atoms with E-state index >= 15 is 0 Å². The molecule has 4 N–H and O–H groups in total. The van der Waals surface area contributed by atoms with Gasteiger partial charge in [-0.05, 0) is 25.0 Å². The Labute approximate surface area is 107 Å². The van der Waals surface area contributed by atoms with Crippen LogP contribution in [0.1, 0.15) is 12.8 Å². The van der Waals surface area contributed by atoms with Crippen molar-refractivity contribution in [2.75, 3.05) is 30.8 Å². The number of rotatable bonds is 3. The van der Waals surface area contributed by atoms with Crippen molar-refractivity contribution in [2.45, 2.75) is 12.8 Å². The van der Waals surface area contributed by atoms with Crippen molar-refractivity contribution in [1.82, 2.24) is 0 Å². The molecule has 1 aromatic rings. The predicted molar refractivity (Wildman–Crippen MR) is 71.5 cm³/mol. The molecule has 1 aliphatic heterocycles. The highest BCUT2D eigenvalue weighted by atomic mass is 16.5. The number of hydrogen-bond donors (Lipinski definition) is 2. The van der Waals surface area contributed by atoms with Gasteiger partial charge in [-0.3, -0.25) is 4.79 Å². The molecule has 0 aliphatic carbocycles. The molecule has 1 heterocycles. The molecule has 5 nitrogen and oxygen atoms in total. The molecule has 98 valence electrons. The van der Waals surface area contributed by atoms with Gasteiger partial charge in [0.05, 0.1) is 18.5 Å². The van der Waals surface area contributed by atoms with Gasteiger partial charge in [-0.15, -0.1) is 0 Å². The van der Waals surface area contributed by atoms with Gasteiger partial charge in [0.25, 0.3) is 0 Å². The van der Waals surface area contributed by atoms with Crippen LogP contribution in [0.25, 0.3) is 0 Å². The highest BCUT2D eigenvalue weighted by molar-refractivity contribution is 5.77. The van der Waals surface area contributed by atoms with Crippen LogP contribution in [-0.4, -0.2) is 26.1 Å². The Morgan fingerprint density at radius 3 is 2.61 bits per heavy atom. The highest BCUT2D eigenvalue weighted by Gasteiger charge is 2.24. The SMILES string of the molecule is COc1ccc(N)c(N2CCC(C(N)=O)CC2)c1. The van der Waals surface area contributed by atoms with Gasteiger partial charge in [-0.1, -0.05) is 0 Å². The number of nitrogen functional groups attached to an aromatic ring is 1. The molecular formula is C13H19N3O2. The number of anilines is 2. The summed E-state index contributed by atoms with van der Waals surface area (Å²) in [6, 6.07) is 5.61. The molecule has 2 rings (SSSR count). The van der Waals surface area contributed by atoms with Crippen LogP contribution < -0.4 is 21.1 Å². The molecule has 0 unspecified atom stereocenters. The lowest BCUT2D eigenvalue weighted by molar-refractivity contribution is -0.122. The summed E-state index contributed by atoms with van der Waals surface area (Å²) < 4.78 is 5.20. The highest BCUT2D eigenvalue weighted by Crippen LogP contribution is 2.31. The van der Waals surface area contributed by atoms with E-state index in [1.54, 1.807) is 7.11 Å². The molecule has 0 radical (unpaired) electrons. The van der Waals surface area contributed by atoms with E-state index in [0.717, 1.165) is 43.1 Å². The number of hydrogen-bond acceptors (Lipinski definition) is 4. The van der Waals surface area contributed by atoms with Crippen molar-refractivity contribution in [3.05, 3.63) is 18.2 Å². The maximum Gasteiger partial charge on any atom is 0.220 e. The largest absolute Gasteiger partial charge is 0.497 e. The lowest BCUT2D eigenvalue weighted by Crippen LogP contribution is -2.38. The first-order valence-corrected chi connectivity index (χ1v) is 6.09. The molecule has 0 bridgehead atoms. The van der Waals surface area contributed by atoms with Crippen molar-refractivity contribution in [3.63, 3.8) is 0 Å². The van der Waals surface area contributed by atoms with E-state index < -0.39 is 0 Å². The molecule has 1 fully saturated rings. The number of benzene rings is 1. The summed E-state index contributed by atoms with van der Waals surface area (Å²) in [5.41, 5.74) is 13.0. The van der Waals surface area contributed by atoms with Crippen LogP contribution >= 0.6 is 0 Å². The standard InChI is InChI=1S/C13H19N3O2/c1-18-10-2-3-11(14)12(8-10)16-6-4-9(5-7-16)13(15)17/h2-3,8-9H,4-7,14H2,1H3,(H2,15,17). The van der Waals surface area contributed by atoms with E-state index in [-0.39, 0.29) is 11.8 Å². The summed E-state index contributed by atoms with van der Waals surface area (Å²) in [6.45, 7) is 1.59. The van der Waals surface area contributed by atoms with Crippen molar-refractivity contribution < 1.29 is 9.53 Å². The first kappa shape index (κ1) is 12.5. The molecule has 18 heavy (non-hydrogen) atoms. The Balaban J connectivity index is 2.11. The number of ether oxygens (including phenoxy) is 1. The van der Waals surface area contributed by atoms with E-state index in [9.17, 15) is 4.79 Å². The van der Waals surface area contributed by atoms with Crippen LogP contribution in [0.2, 0.25) is 0 Å². The number of primary amides is 1. The van der Waals surface area contributed by atoms with Crippen LogP contribution in [0, 0.1) is 5.92 Å². The Hall–Kier alpha value is -1.91. The quantitative estimate of drug-likeness (QED) is 0.782. The van der Waals surface area contributed by atoms with Crippen LogP contribution in [0.4, 0.5) is 11.4 Å². The first-order valence-electron chi connectivity index (χ1n) is 6.09. The van der Waals surface area contributed by atoms with E-state index in [1.165, 1.54) is 0 Å². The fourth-order valence-electron chi connectivity index (χ4n) is 2.33. The molecule has 0 aromatic heterocycles. The van der Waals surface area contributed by atoms with Crippen molar-refractivity contribution in [1.29, 1.82) is 0 Å². The van der Waals surface area contributed by atoms with Gasteiger partial charge in [-0.2, -0.15) is 0 Å². The van der Waals surface area contributed by atoms with Gasteiger partial charge in [0.2, 0.25) is 5.91 Å². The van der Waals surface area contributed by atoms with Crippen molar-refractivity contribution >= 4 is 17.3 Å². The number of carbonyl (C=O) groups excluding carboxylic acids is 1. The van der Waals surface area contributed by atoms with Gasteiger partial charge in [0, 0.05) is 25.1 Å². The first-order chi connectivity index (χ1) is 8.61. The van der Waals surface area contributed by atoms with Gasteiger partial charge >= 0.3 is 0 Å². The molecule has 0 saturated carbocycles. The molecule has 1 saturated heterocycles. The van der Waals surface area contributed by atoms with Gasteiger partial charge in [0.15, 0.2) is 0 Å². The lowest BCUT2D eigenvalue weighted by atomic mass is 9.96. The third kappa shape index (κ3) is 2.50. The van der Waals surface area contributed by atoms with E-state index in [1.807, 2.05) is 18.2 Å². The number of amides is 1. The second-order valence-corrected chi connectivity index (χ2v) is 4.59. The Bertz CT molecular complexity index is 440. The minimum Gasteiger partial charge on any atom is -0.497 e. The third-order valence-corrected chi connectivity index (χ3v) is 3.48. The molecule has 0 atom stereocenters. The number of nitrogens with two attached hydrogens (primary N) is 2. The fourth-order valence-corrected chi connectivity index (χ4v) is 2.33. The lowest BCUT2D eigenvalue weighted by Gasteiger charge is -2.33. The summed E-state index contributed by atoms with van der Waals surface area (Å²) in [5, 5.41) is 0. The molecule has 0 spiro atoms. The van der Waals surface area contributed by atoms with Gasteiger partial charge < -0.3 is 21.1 Å². The van der Waals surface area contributed by atoms with Crippen LogP contribution in [0.3, 0.4) is 0 Å². The average molecular weight is 249 g/mol. The number of methoxy groups -OCH3 is 1. The van der Waals surface area contributed by atoms with Crippen LogP contribution in [0.15, 0.2) is 18.2 Å². The smallest absolute Gasteiger partial charge is 0.220 e. The molecule has 5 heteroatoms. The summed E-state index contributed by atoms with van der Waals surface area (Å²) in [5.74, 6) is 0.581. The summed E-state index contributed by atoms with van der Waals surface area (Å²) in [6.07, 6.45) is 1.57. The van der Waals surface area contributed by atoms with Gasteiger partial charge in [-0.25, -0.2) is 0 Å². The number of carbonyl (C=O) groups is 1. The number of piperidine rings is 1. The fraction of sp³-hybridized carbons (Fsp3) is 0.462. The van der Waals surface area contributed by atoms with Crippen molar-refractivity contribution in [2.24, 2.45) is 11.7 Å². The Kier molecular flexibility index (Phi) is 3.60. The summed E-state index contributed by atoms with van der Waals surface area (Å²) in [7, 11) is 1.63. The van der Waals surface area contributed by atoms with E-state index in [0.29, 0.717) is 0 Å². The molecule has 1 aromatic carbocycles. The Morgan fingerprint density at radius 1 is 1.39 bits per heavy atom. The zero-order chi connectivity index (χ0) is 13.1. The minimum atomic E-state index is -0.201. The van der Waals surface area contributed by atoms with Crippen LogP contribution in [-0.2, 0) is 4.79 Å². The van der Waals surface area contributed by atoms with Crippen LogP contribution in [0.5, 0.6) is 5.75 Å². The summed E-state index contributed by atoms with van der Waals surface area (Å²) >= 11 is 0. The maximum atomic E-state index is 11.1. The average Bonchev–Trinajstić information content (AvgIpc) is 2.39. The molecular weight excluding hydrogens is 230 g/mol. The topological polar surface area (TPSA) is 81.6 Å². The Morgan fingerprint density at radius 2 is 2.06 bits per heavy atom. The monoisotopic (exact) mass is 249 g/mol. The normalized spacial score (nSPS) is 16.6. The zero-order valence-electron chi connectivity index (χ0n) is 10.6. The second-order valence-electron chi connectivity index (χ2n) is 4.59. The maximum absolute atomic E-state index is 11.1.